The van der Waals surface area contributed by atoms with Crippen molar-refractivity contribution in [1.82, 2.24) is 0 Å². The lowest BCUT2D eigenvalue weighted by atomic mass is 9.98. The third-order valence-corrected chi connectivity index (χ3v) is 5.33. The fourth-order valence-electron chi connectivity index (χ4n) is 3.65. The van der Waals surface area contributed by atoms with Crippen molar-refractivity contribution in [2.75, 3.05) is 4.90 Å². The molecule has 0 unspecified atom stereocenters. The number of benzene rings is 2. The molecule has 1 heterocycles. The van der Waals surface area contributed by atoms with Crippen LogP contribution < -0.4 is 10.6 Å². The van der Waals surface area contributed by atoms with Crippen molar-refractivity contribution in [2.45, 2.75) is 37.1 Å². The van der Waals surface area contributed by atoms with Gasteiger partial charge in [-0.05, 0) is 61.1 Å². The van der Waals surface area contributed by atoms with Crippen LogP contribution in [0.3, 0.4) is 0 Å². The second-order valence-electron chi connectivity index (χ2n) is 7.03. The van der Waals surface area contributed by atoms with Crippen molar-refractivity contribution >= 4 is 23.3 Å². The van der Waals surface area contributed by atoms with Gasteiger partial charge in [0.15, 0.2) is 0 Å². The molecule has 0 aromatic heterocycles. The zero-order chi connectivity index (χ0) is 18.5. The number of carboxylic acid groups (broad SMARTS) is 1. The van der Waals surface area contributed by atoms with Crippen LogP contribution in [0.1, 0.15) is 30.4 Å². The van der Waals surface area contributed by atoms with Crippen molar-refractivity contribution < 1.29 is 19.1 Å². The molecule has 3 N–H and O–H groups in total. The number of carboxylic acids is 1. The van der Waals surface area contributed by atoms with Gasteiger partial charge in [0.1, 0.15) is 11.9 Å². The van der Waals surface area contributed by atoms with E-state index in [1.165, 1.54) is 12.1 Å². The van der Waals surface area contributed by atoms with E-state index in [-0.39, 0.29) is 11.7 Å². The molecule has 1 aliphatic carbocycles. The molecule has 2 aromatic rings. The molecule has 1 aliphatic heterocycles. The first-order valence-corrected chi connectivity index (χ1v) is 8.64. The first-order valence-electron chi connectivity index (χ1n) is 8.64. The van der Waals surface area contributed by atoms with Gasteiger partial charge >= 0.3 is 5.97 Å². The molecule has 0 bridgehead atoms. The summed E-state index contributed by atoms with van der Waals surface area (Å²) in [4.78, 5) is 25.3. The first kappa shape index (κ1) is 16.7. The number of halogens is 1. The number of aliphatic carboxylic acids is 1. The van der Waals surface area contributed by atoms with Crippen molar-refractivity contribution in [2.24, 2.45) is 5.73 Å². The minimum Gasteiger partial charge on any atom is -0.480 e. The largest absolute Gasteiger partial charge is 0.480 e. The summed E-state index contributed by atoms with van der Waals surface area (Å²) in [6.45, 7) is 0. The molecule has 6 heteroatoms. The summed E-state index contributed by atoms with van der Waals surface area (Å²) in [6, 6.07) is 11.0. The van der Waals surface area contributed by atoms with Crippen LogP contribution in [-0.2, 0) is 21.4 Å². The standard InChI is InChI=1S/C20H19FN2O3/c21-13-4-7-15-17(11-13)23(19(26)20(15)9-10-20)14-5-1-12(2-6-14)3-8-16(22)18(24)25/h1-2,4-7,11,16H,3,8-10,22H2,(H,24,25)/t16-/m0/s1. The lowest BCUT2D eigenvalue weighted by molar-refractivity contribution is -0.138. The predicted molar refractivity (Wildman–Crippen MR) is 94.8 cm³/mol. The Morgan fingerprint density at radius 1 is 1.23 bits per heavy atom. The molecule has 5 nitrogen and oxygen atoms in total. The molecular weight excluding hydrogens is 335 g/mol. The van der Waals surface area contributed by atoms with Crippen molar-refractivity contribution in [3.63, 3.8) is 0 Å². The van der Waals surface area contributed by atoms with Crippen molar-refractivity contribution in [3.05, 3.63) is 59.4 Å². The summed E-state index contributed by atoms with van der Waals surface area (Å²) < 4.78 is 13.8. The van der Waals surface area contributed by atoms with Crippen molar-refractivity contribution in [1.29, 1.82) is 0 Å². The first-order chi connectivity index (χ1) is 12.4. The Bertz CT molecular complexity index is 890. The van der Waals surface area contributed by atoms with Crippen LogP contribution in [0.25, 0.3) is 0 Å². The fraction of sp³-hybridized carbons (Fsp3) is 0.300. The van der Waals surface area contributed by atoms with E-state index in [4.69, 9.17) is 10.8 Å². The Kier molecular flexibility index (Phi) is 3.80. The van der Waals surface area contributed by atoms with Gasteiger partial charge in [0, 0.05) is 5.69 Å². The third-order valence-electron chi connectivity index (χ3n) is 5.33. The van der Waals surface area contributed by atoms with Gasteiger partial charge in [-0.2, -0.15) is 0 Å². The maximum Gasteiger partial charge on any atom is 0.320 e. The summed E-state index contributed by atoms with van der Waals surface area (Å²) >= 11 is 0. The van der Waals surface area contributed by atoms with Gasteiger partial charge in [0.2, 0.25) is 5.91 Å². The van der Waals surface area contributed by atoms with Gasteiger partial charge in [-0.3, -0.25) is 14.5 Å². The number of anilines is 2. The van der Waals surface area contributed by atoms with E-state index in [1.54, 1.807) is 11.0 Å². The SMILES string of the molecule is N[C@@H](CCc1ccc(N2C(=O)C3(CC3)c3ccc(F)cc32)cc1)C(=O)O. The molecule has 1 fully saturated rings. The molecule has 1 atom stereocenters. The summed E-state index contributed by atoms with van der Waals surface area (Å²) in [6.07, 6.45) is 2.48. The highest BCUT2D eigenvalue weighted by Crippen LogP contribution is 2.58. The number of nitrogens with two attached hydrogens (primary N) is 1. The van der Waals surface area contributed by atoms with E-state index in [0.29, 0.717) is 24.2 Å². The number of nitrogens with zero attached hydrogens (tertiary/aromatic N) is 1. The molecule has 2 aliphatic rings. The average molecular weight is 354 g/mol. The Labute approximate surface area is 150 Å². The fourth-order valence-corrected chi connectivity index (χ4v) is 3.65. The van der Waals surface area contributed by atoms with Gasteiger partial charge in [0.05, 0.1) is 11.1 Å². The Morgan fingerprint density at radius 3 is 2.54 bits per heavy atom. The van der Waals surface area contributed by atoms with E-state index >= 15 is 0 Å². The highest BCUT2D eigenvalue weighted by molar-refractivity contribution is 6.14. The number of hydrogen-bond acceptors (Lipinski definition) is 3. The van der Waals surface area contributed by atoms with Crippen LogP contribution in [0.2, 0.25) is 0 Å². The summed E-state index contributed by atoms with van der Waals surface area (Å²) in [5.74, 6) is -1.38. The van der Waals surface area contributed by atoms with Crippen LogP contribution in [0.15, 0.2) is 42.5 Å². The van der Waals surface area contributed by atoms with E-state index in [2.05, 4.69) is 0 Å². The minimum absolute atomic E-state index is 0.00116. The number of carbonyl (C=O) groups excluding carboxylic acids is 1. The topological polar surface area (TPSA) is 83.6 Å². The molecule has 1 spiro atoms. The molecule has 2 aromatic carbocycles. The number of fused-ring (bicyclic) bond motifs is 2. The Hall–Kier alpha value is -2.73. The molecule has 26 heavy (non-hydrogen) atoms. The van der Waals surface area contributed by atoms with E-state index < -0.39 is 17.4 Å². The smallest absolute Gasteiger partial charge is 0.320 e. The monoisotopic (exact) mass is 354 g/mol. The predicted octanol–water partition coefficient (Wildman–Crippen LogP) is 2.88. The van der Waals surface area contributed by atoms with Crippen LogP contribution in [-0.4, -0.2) is 23.0 Å². The zero-order valence-corrected chi connectivity index (χ0v) is 14.1. The van der Waals surface area contributed by atoms with E-state index in [0.717, 1.165) is 24.0 Å². The Balaban J connectivity index is 1.59. The number of carbonyl (C=O) groups is 2. The van der Waals surface area contributed by atoms with Crippen LogP contribution in [0, 0.1) is 5.82 Å². The molecule has 0 saturated heterocycles. The van der Waals surface area contributed by atoms with Crippen LogP contribution in [0.5, 0.6) is 0 Å². The number of aryl methyl sites for hydroxylation is 1. The maximum absolute atomic E-state index is 13.8. The lowest BCUT2D eigenvalue weighted by Crippen LogP contribution is -2.30. The van der Waals surface area contributed by atoms with Crippen LogP contribution in [0.4, 0.5) is 15.8 Å². The second-order valence-corrected chi connectivity index (χ2v) is 7.03. The third kappa shape index (κ3) is 2.57. The van der Waals surface area contributed by atoms with E-state index in [9.17, 15) is 14.0 Å². The quantitative estimate of drug-likeness (QED) is 0.865. The van der Waals surface area contributed by atoms with Gasteiger partial charge in [-0.15, -0.1) is 0 Å². The highest BCUT2D eigenvalue weighted by atomic mass is 19.1. The van der Waals surface area contributed by atoms with E-state index in [1.807, 2.05) is 24.3 Å². The van der Waals surface area contributed by atoms with Crippen LogP contribution >= 0.6 is 0 Å². The molecule has 1 saturated carbocycles. The summed E-state index contributed by atoms with van der Waals surface area (Å²) in [5, 5.41) is 8.85. The maximum atomic E-state index is 13.8. The average Bonchev–Trinajstić information content (AvgIpc) is 3.38. The second kappa shape index (κ2) is 5.92. The molecular formula is C20H19FN2O3. The molecule has 1 amide bonds. The highest BCUT2D eigenvalue weighted by Gasteiger charge is 2.59. The van der Waals surface area contributed by atoms with Gasteiger partial charge in [0.25, 0.3) is 0 Å². The van der Waals surface area contributed by atoms with Gasteiger partial charge < -0.3 is 10.8 Å². The number of hydrogen-bond donors (Lipinski definition) is 2. The Morgan fingerprint density at radius 2 is 1.92 bits per heavy atom. The summed E-state index contributed by atoms with van der Waals surface area (Å²) in [7, 11) is 0. The van der Waals surface area contributed by atoms with Gasteiger partial charge in [-0.25, -0.2) is 4.39 Å². The minimum atomic E-state index is -1.02. The lowest BCUT2D eigenvalue weighted by Gasteiger charge is -2.19. The van der Waals surface area contributed by atoms with Crippen molar-refractivity contribution in [3.8, 4) is 0 Å². The molecule has 134 valence electrons. The normalized spacial score (nSPS) is 18.1. The molecule has 4 rings (SSSR count). The number of amides is 1. The molecule has 0 radical (unpaired) electrons. The zero-order valence-electron chi connectivity index (χ0n) is 14.1. The van der Waals surface area contributed by atoms with Gasteiger partial charge in [-0.1, -0.05) is 18.2 Å². The summed E-state index contributed by atoms with van der Waals surface area (Å²) in [5.41, 5.74) is 8.21. The number of rotatable bonds is 5.